The molecule has 2 rings (SSSR count). The van der Waals surface area contributed by atoms with Gasteiger partial charge in [-0.05, 0) is 45.7 Å². The molecule has 2 atom stereocenters. The van der Waals surface area contributed by atoms with E-state index in [1.807, 2.05) is 0 Å². The summed E-state index contributed by atoms with van der Waals surface area (Å²) in [6.45, 7) is 8.70. The second-order valence-electron chi connectivity index (χ2n) is 9.00. The van der Waals surface area contributed by atoms with Crippen LogP contribution in [0.25, 0.3) is 0 Å². The molecule has 1 aromatic rings. The van der Waals surface area contributed by atoms with Gasteiger partial charge in [-0.2, -0.15) is 0 Å². The second kappa shape index (κ2) is 11.4. The number of amides is 3. The molecule has 3 amide bonds. The highest BCUT2D eigenvalue weighted by atomic mass is 16.6. The minimum Gasteiger partial charge on any atom is -0.465 e. The summed E-state index contributed by atoms with van der Waals surface area (Å²) in [4.78, 5) is 62.3. The number of allylic oxidation sites excluding steroid dienone is 1. The molecule has 1 fully saturated rings. The number of para-hydroxylation sites is 1. The van der Waals surface area contributed by atoms with Gasteiger partial charge in [-0.25, -0.2) is 9.59 Å². The van der Waals surface area contributed by atoms with E-state index in [2.05, 4.69) is 22.5 Å². The first-order valence-corrected chi connectivity index (χ1v) is 10.9. The first-order valence-electron chi connectivity index (χ1n) is 10.9. The lowest BCUT2D eigenvalue weighted by molar-refractivity contribution is -0.130. The summed E-state index contributed by atoms with van der Waals surface area (Å²) in [7, 11) is 1.21. The van der Waals surface area contributed by atoms with E-state index >= 15 is 0 Å². The number of esters is 1. The normalized spacial score (nSPS) is 16.6. The van der Waals surface area contributed by atoms with Gasteiger partial charge in [0.1, 0.15) is 17.4 Å². The standard InChI is InChI=1S/C24H31N3O7/c1-14-10-11-15(20(29)25-14)12-16(28)13-19(27-23(32)34-24(2,3)4)21(30)26-18-9-7-6-8-17(18)22(31)33-5/h6-9,15,19H,1,10-13H2,2-5H3,(H,25,29)(H,26,30)(H,27,32)/t15?,19-/m0/s1. The number of Topliss-reactive ketones (excluding diaryl/α,β-unsaturated/α-hetero) is 1. The number of carbonyl (C=O) groups is 5. The number of methoxy groups -OCH3 is 1. The molecule has 0 radical (unpaired) electrons. The summed E-state index contributed by atoms with van der Waals surface area (Å²) < 4.78 is 9.95. The van der Waals surface area contributed by atoms with E-state index in [4.69, 9.17) is 9.47 Å². The van der Waals surface area contributed by atoms with Gasteiger partial charge in [-0.1, -0.05) is 18.7 Å². The number of hydrogen-bond donors (Lipinski definition) is 3. The smallest absolute Gasteiger partial charge is 0.408 e. The van der Waals surface area contributed by atoms with Crippen LogP contribution >= 0.6 is 0 Å². The molecule has 10 heteroatoms. The summed E-state index contributed by atoms with van der Waals surface area (Å²) in [6.07, 6.45) is -0.297. The first-order chi connectivity index (χ1) is 15.9. The molecule has 3 N–H and O–H groups in total. The lowest BCUT2D eigenvalue weighted by atomic mass is 9.90. The Morgan fingerprint density at radius 2 is 1.88 bits per heavy atom. The predicted molar refractivity (Wildman–Crippen MR) is 124 cm³/mol. The van der Waals surface area contributed by atoms with E-state index in [1.54, 1.807) is 32.9 Å². The maximum absolute atomic E-state index is 13.0. The Bertz CT molecular complexity index is 981. The average molecular weight is 474 g/mol. The Labute approximate surface area is 198 Å². The van der Waals surface area contributed by atoms with Crippen LogP contribution in [0.1, 0.15) is 56.8 Å². The SMILES string of the molecule is C=C1CCC(CC(=O)C[C@H](NC(=O)OC(C)(C)C)C(=O)Nc2ccccc2C(=O)OC)C(=O)N1. The van der Waals surface area contributed by atoms with E-state index in [1.165, 1.54) is 19.2 Å². The third-order valence-electron chi connectivity index (χ3n) is 4.97. The summed E-state index contributed by atoms with van der Waals surface area (Å²) in [6, 6.07) is 4.88. The van der Waals surface area contributed by atoms with Crippen molar-refractivity contribution in [2.24, 2.45) is 5.92 Å². The van der Waals surface area contributed by atoms with Crippen LogP contribution in [0.15, 0.2) is 36.5 Å². The van der Waals surface area contributed by atoms with Crippen LogP contribution in [0.2, 0.25) is 0 Å². The van der Waals surface area contributed by atoms with Gasteiger partial charge in [-0.3, -0.25) is 14.4 Å². The number of ether oxygens (including phenoxy) is 2. The number of benzene rings is 1. The van der Waals surface area contributed by atoms with Crippen molar-refractivity contribution in [3.05, 3.63) is 42.1 Å². The number of nitrogens with one attached hydrogen (secondary N) is 3. The number of carbonyl (C=O) groups excluding carboxylic acids is 5. The van der Waals surface area contributed by atoms with Crippen LogP contribution in [-0.4, -0.2) is 48.4 Å². The number of alkyl carbamates (subject to hydrolysis) is 1. The molecular weight excluding hydrogens is 442 g/mol. The topological polar surface area (TPSA) is 140 Å². The zero-order chi connectivity index (χ0) is 25.5. The van der Waals surface area contributed by atoms with Gasteiger partial charge in [0.25, 0.3) is 0 Å². The number of piperidine rings is 1. The molecule has 184 valence electrons. The van der Waals surface area contributed by atoms with Crippen molar-refractivity contribution in [2.75, 3.05) is 12.4 Å². The zero-order valence-corrected chi connectivity index (χ0v) is 19.9. The molecular formula is C24H31N3O7. The lowest BCUT2D eigenvalue weighted by Crippen LogP contribution is -2.47. The molecule has 1 aliphatic heterocycles. The molecule has 0 spiro atoms. The van der Waals surface area contributed by atoms with Crippen LogP contribution in [0.3, 0.4) is 0 Å². The Kier molecular flexibility index (Phi) is 8.94. The fourth-order valence-electron chi connectivity index (χ4n) is 3.36. The molecule has 34 heavy (non-hydrogen) atoms. The Morgan fingerprint density at radius 1 is 1.21 bits per heavy atom. The van der Waals surface area contributed by atoms with E-state index in [9.17, 15) is 24.0 Å². The highest BCUT2D eigenvalue weighted by Gasteiger charge is 2.31. The van der Waals surface area contributed by atoms with Crippen LogP contribution in [-0.2, 0) is 23.9 Å². The number of ketones is 1. The Hall–Kier alpha value is -3.69. The highest BCUT2D eigenvalue weighted by Crippen LogP contribution is 2.22. The maximum atomic E-state index is 13.0. The monoisotopic (exact) mass is 473 g/mol. The molecule has 0 aliphatic carbocycles. The average Bonchev–Trinajstić information content (AvgIpc) is 2.73. The molecule has 1 aliphatic rings. The van der Waals surface area contributed by atoms with Crippen molar-refractivity contribution in [2.45, 2.75) is 58.1 Å². The van der Waals surface area contributed by atoms with E-state index in [-0.39, 0.29) is 35.8 Å². The maximum Gasteiger partial charge on any atom is 0.408 e. The minimum absolute atomic E-state index is 0.0857. The van der Waals surface area contributed by atoms with Crippen LogP contribution in [0.4, 0.5) is 10.5 Å². The first kappa shape index (κ1) is 26.6. The predicted octanol–water partition coefficient (Wildman–Crippen LogP) is 2.69. The van der Waals surface area contributed by atoms with Crippen molar-refractivity contribution in [3.63, 3.8) is 0 Å². The summed E-state index contributed by atoms with van der Waals surface area (Å²) in [5.41, 5.74) is 0.0458. The second-order valence-corrected chi connectivity index (χ2v) is 9.00. The van der Waals surface area contributed by atoms with Crippen molar-refractivity contribution in [1.82, 2.24) is 10.6 Å². The zero-order valence-electron chi connectivity index (χ0n) is 19.9. The quantitative estimate of drug-likeness (QED) is 0.493. The molecule has 0 saturated carbocycles. The number of hydrogen-bond acceptors (Lipinski definition) is 7. The Morgan fingerprint density at radius 3 is 2.50 bits per heavy atom. The number of anilines is 1. The van der Waals surface area contributed by atoms with Gasteiger partial charge in [0.2, 0.25) is 11.8 Å². The van der Waals surface area contributed by atoms with Crippen molar-refractivity contribution in [3.8, 4) is 0 Å². The molecule has 0 bridgehead atoms. The van der Waals surface area contributed by atoms with Crippen molar-refractivity contribution >= 4 is 35.3 Å². The van der Waals surface area contributed by atoms with Gasteiger partial charge in [0.15, 0.2) is 0 Å². The Balaban J connectivity index is 2.17. The fraction of sp³-hybridized carbons (Fsp3) is 0.458. The molecule has 10 nitrogen and oxygen atoms in total. The lowest BCUT2D eigenvalue weighted by Gasteiger charge is -2.25. The van der Waals surface area contributed by atoms with Gasteiger partial charge in [-0.15, -0.1) is 0 Å². The molecule has 1 unspecified atom stereocenters. The summed E-state index contributed by atoms with van der Waals surface area (Å²) in [5.74, 6) is -2.60. The molecule has 0 aromatic heterocycles. The third-order valence-corrected chi connectivity index (χ3v) is 4.97. The summed E-state index contributed by atoms with van der Waals surface area (Å²) in [5, 5.41) is 7.61. The number of rotatable bonds is 8. The minimum atomic E-state index is -1.30. The van der Waals surface area contributed by atoms with Crippen molar-refractivity contribution < 1.29 is 33.4 Å². The molecule has 1 saturated heterocycles. The third kappa shape index (κ3) is 8.02. The summed E-state index contributed by atoms with van der Waals surface area (Å²) >= 11 is 0. The van der Waals surface area contributed by atoms with Gasteiger partial charge >= 0.3 is 12.1 Å². The van der Waals surface area contributed by atoms with Gasteiger partial charge < -0.3 is 25.4 Å². The molecule has 1 heterocycles. The highest BCUT2D eigenvalue weighted by molar-refractivity contribution is 6.04. The van der Waals surface area contributed by atoms with E-state index < -0.39 is 35.5 Å². The van der Waals surface area contributed by atoms with Gasteiger partial charge in [0.05, 0.1) is 18.4 Å². The molecule has 1 aromatic carbocycles. The van der Waals surface area contributed by atoms with E-state index in [0.717, 1.165) is 0 Å². The van der Waals surface area contributed by atoms with Gasteiger partial charge in [0, 0.05) is 24.5 Å². The van der Waals surface area contributed by atoms with Crippen molar-refractivity contribution in [1.29, 1.82) is 0 Å². The van der Waals surface area contributed by atoms with Crippen LogP contribution in [0.5, 0.6) is 0 Å². The van der Waals surface area contributed by atoms with Crippen LogP contribution in [0, 0.1) is 5.92 Å². The fourth-order valence-corrected chi connectivity index (χ4v) is 3.36. The van der Waals surface area contributed by atoms with E-state index in [0.29, 0.717) is 18.5 Å². The van der Waals surface area contributed by atoms with Crippen LogP contribution < -0.4 is 16.0 Å². The largest absolute Gasteiger partial charge is 0.465 e.